The van der Waals surface area contributed by atoms with Crippen LogP contribution >= 0.6 is 0 Å². The molecule has 3 aromatic rings. The molecule has 5 heteroatoms. The Morgan fingerprint density at radius 1 is 1.26 bits per heavy atom. The van der Waals surface area contributed by atoms with Crippen molar-refractivity contribution in [2.75, 3.05) is 25.5 Å². The Hall–Kier alpha value is -2.53. The van der Waals surface area contributed by atoms with Crippen LogP contribution in [-0.4, -0.2) is 30.0 Å². The fourth-order valence-electron chi connectivity index (χ4n) is 2.85. The molecule has 0 spiro atoms. The van der Waals surface area contributed by atoms with Gasteiger partial charge in [-0.05, 0) is 29.7 Å². The lowest BCUT2D eigenvalue weighted by Crippen LogP contribution is -2.43. The third-order valence-corrected chi connectivity index (χ3v) is 4.35. The summed E-state index contributed by atoms with van der Waals surface area (Å²) in [7, 11) is 1.69. The maximum Gasteiger partial charge on any atom is 0.119 e. The number of nitrogens with zero attached hydrogens (tertiary/aromatic N) is 2. The first-order chi connectivity index (χ1) is 11.3. The average Bonchev–Trinajstić information content (AvgIpc) is 2.99. The molecule has 0 radical (unpaired) electrons. The van der Waals surface area contributed by atoms with Crippen LogP contribution in [0.25, 0.3) is 10.8 Å². The van der Waals surface area contributed by atoms with Crippen molar-refractivity contribution < 1.29 is 4.74 Å². The molecular formula is C18H20N4O. The van der Waals surface area contributed by atoms with Gasteiger partial charge in [-0.15, -0.1) is 0 Å². The quantitative estimate of drug-likeness (QED) is 0.761. The van der Waals surface area contributed by atoms with E-state index in [0.717, 1.165) is 35.6 Å². The number of benzene rings is 2. The topological polar surface area (TPSA) is 51.1 Å². The number of hydrogen-bond acceptors (Lipinski definition) is 4. The zero-order valence-corrected chi connectivity index (χ0v) is 13.1. The zero-order valence-electron chi connectivity index (χ0n) is 13.1. The van der Waals surface area contributed by atoms with Gasteiger partial charge in [0.05, 0.1) is 25.4 Å². The van der Waals surface area contributed by atoms with E-state index in [1.807, 2.05) is 6.07 Å². The zero-order chi connectivity index (χ0) is 15.6. The summed E-state index contributed by atoms with van der Waals surface area (Å²) >= 11 is 0. The Labute approximate surface area is 135 Å². The van der Waals surface area contributed by atoms with Gasteiger partial charge in [0, 0.05) is 30.4 Å². The Kier molecular flexibility index (Phi) is 3.63. The first-order valence-electron chi connectivity index (χ1n) is 7.89. The Morgan fingerprint density at radius 3 is 2.96 bits per heavy atom. The van der Waals surface area contributed by atoms with Crippen LogP contribution in [0.2, 0.25) is 0 Å². The van der Waals surface area contributed by atoms with E-state index in [4.69, 9.17) is 4.74 Å². The van der Waals surface area contributed by atoms with Crippen molar-refractivity contribution in [3.05, 3.63) is 54.4 Å². The highest BCUT2D eigenvalue weighted by Gasteiger charge is 2.19. The summed E-state index contributed by atoms with van der Waals surface area (Å²) in [5.74, 6) is 0.869. The predicted octanol–water partition coefficient (Wildman–Crippen LogP) is 2.80. The maximum atomic E-state index is 5.34. The van der Waals surface area contributed by atoms with Crippen molar-refractivity contribution in [2.45, 2.75) is 12.6 Å². The van der Waals surface area contributed by atoms with Gasteiger partial charge in [0.25, 0.3) is 0 Å². The number of methoxy groups -OCH3 is 1. The normalized spacial score (nSPS) is 14.7. The van der Waals surface area contributed by atoms with Gasteiger partial charge >= 0.3 is 0 Å². The van der Waals surface area contributed by atoms with Crippen LogP contribution in [0.15, 0.2) is 48.7 Å². The molecule has 2 N–H and O–H groups in total. The van der Waals surface area contributed by atoms with Gasteiger partial charge in [0.15, 0.2) is 0 Å². The fraction of sp³-hybridized carbons (Fsp3) is 0.278. The van der Waals surface area contributed by atoms with E-state index in [1.54, 1.807) is 7.11 Å². The molecule has 0 atom stereocenters. The van der Waals surface area contributed by atoms with Gasteiger partial charge in [-0.2, -0.15) is 5.10 Å². The summed E-state index contributed by atoms with van der Waals surface area (Å²) in [6, 6.07) is 15.0. The lowest BCUT2D eigenvalue weighted by molar-refractivity contribution is 0.317. The smallest absolute Gasteiger partial charge is 0.119 e. The Morgan fingerprint density at radius 2 is 2.17 bits per heavy atom. The van der Waals surface area contributed by atoms with Gasteiger partial charge in [0.1, 0.15) is 5.75 Å². The Balaban J connectivity index is 1.54. The van der Waals surface area contributed by atoms with Crippen LogP contribution in [0, 0.1) is 0 Å². The average molecular weight is 308 g/mol. The van der Waals surface area contributed by atoms with E-state index in [9.17, 15) is 0 Å². The van der Waals surface area contributed by atoms with Crippen LogP contribution in [0.5, 0.6) is 5.75 Å². The number of aromatic nitrogens is 2. The molecule has 0 saturated carbocycles. The van der Waals surface area contributed by atoms with Crippen molar-refractivity contribution in [3.8, 4) is 5.75 Å². The van der Waals surface area contributed by atoms with Gasteiger partial charge in [0.2, 0.25) is 0 Å². The highest BCUT2D eigenvalue weighted by atomic mass is 16.5. The van der Waals surface area contributed by atoms with E-state index in [0.29, 0.717) is 12.6 Å². The first kappa shape index (κ1) is 14.1. The summed E-state index contributed by atoms with van der Waals surface area (Å²) in [5, 5.41) is 13.8. The molecule has 1 aromatic heterocycles. The minimum Gasteiger partial charge on any atom is -0.497 e. The van der Waals surface area contributed by atoms with Crippen LogP contribution in [0.3, 0.4) is 0 Å². The van der Waals surface area contributed by atoms with Crippen molar-refractivity contribution in [2.24, 2.45) is 0 Å². The molecule has 23 heavy (non-hydrogen) atoms. The number of anilines is 1. The highest BCUT2D eigenvalue weighted by molar-refractivity contribution is 5.94. The molecule has 1 aliphatic rings. The molecule has 2 aromatic carbocycles. The molecule has 0 amide bonds. The summed E-state index contributed by atoms with van der Waals surface area (Å²) in [6.07, 6.45) is 2.06. The number of hydrogen-bond donors (Lipinski definition) is 2. The van der Waals surface area contributed by atoms with E-state index >= 15 is 0 Å². The molecule has 1 saturated heterocycles. The van der Waals surface area contributed by atoms with Crippen LogP contribution in [-0.2, 0) is 6.54 Å². The number of ether oxygens (including phenoxy) is 1. The number of fused-ring (bicyclic) bond motifs is 1. The van der Waals surface area contributed by atoms with Crippen molar-refractivity contribution in [3.63, 3.8) is 0 Å². The Bertz CT molecular complexity index is 823. The third kappa shape index (κ3) is 2.75. The predicted molar refractivity (Wildman–Crippen MR) is 92.0 cm³/mol. The monoisotopic (exact) mass is 308 g/mol. The number of rotatable bonds is 5. The fourth-order valence-corrected chi connectivity index (χ4v) is 2.85. The molecule has 0 bridgehead atoms. The van der Waals surface area contributed by atoms with Crippen LogP contribution in [0.4, 0.5) is 5.69 Å². The van der Waals surface area contributed by atoms with E-state index in [-0.39, 0.29) is 0 Å². The van der Waals surface area contributed by atoms with Crippen molar-refractivity contribution in [1.29, 1.82) is 0 Å². The van der Waals surface area contributed by atoms with E-state index in [1.165, 1.54) is 5.39 Å². The summed E-state index contributed by atoms with van der Waals surface area (Å²) in [4.78, 5) is 0. The van der Waals surface area contributed by atoms with Crippen molar-refractivity contribution in [1.82, 2.24) is 15.1 Å². The van der Waals surface area contributed by atoms with Crippen LogP contribution in [0.1, 0.15) is 11.7 Å². The maximum absolute atomic E-state index is 5.34. The molecule has 1 aliphatic heterocycles. The second-order valence-electron chi connectivity index (χ2n) is 5.85. The van der Waals surface area contributed by atoms with Crippen LogP contribution < -0.4 is 15.4 Å². The highest BCUT2D eigenvalue weighted by Crippen LogP contribution is 2.27. The lowest BCUT2D eigenvalue weighted by atomic mass is 10.1. The molecule has 0 aliphatic carbocycles. The molecule has 2 heterocycles. The molecule has 4 rings (SSSR count). The minimum atomic E-state index is 0.505. The molecule has 5 nitrogen and oxygen atoms in total. The lowest BCUT2D eigenvalue weighted by Gasteiger charge is -2.27. The standard InChI is InChI=1S/C18H20N4O/c1-23-16-6-5-13-3-2-4-18(17(13)9-16)20-10-14-7-8-22(21-14)15-11-19-12-15/h2-9,15,19-20H,10-12H2,1H3. The summed E-state index contributed by atoms with van der Waals surface area (Å²) in [5.41, 5.74) is 2.15. The van der Waals surface area contributed by atoms with Crippen molar-refractivity contribution >= 4 is 16.5 Å². The van der Waals surface area contributed by atoms with Gasteiger partial charge < -0.3 is 15.4 Å². The molecular weight excluding hydrogens is 288 g/mol. The second-order valence-corrected chi connectivity index (χ2v) is 5.85. The number of nitrogens with one attached hydrogen (secondary N) is 2. The van der Waals surface area contributed by atoms with E-state index in [2.05, 4.69) is 63.0 Å². The largest absolute Gasteiger partial charge is 0.497 e. The van der Waals surface area contributed by atoms with Gasteiger partial charge in [-0.3, -0.25) is 4.68 Å². The third-order valence-electron chi connectivity index (χ3n) is 4.35. The van der Waals surface area contributed by atoms with Gasteiger partial charge in [-0.1, -0.05) is 18.2 Å². The van der Waals surface area contributed by atoms with Gasteiger partial charge in [-0.25, -0.2) is 0 Å². The van der Waals surface area contributed by atoms with E-state index < -0.39 is 0 Å². The summed E-state index contributed by atoms with van der Waals surface area (Å²) in [6.45, 7) is 2.73. The molecule has 1 fully saturated rings. The summed E-state index contributed by atoms with van der Waals surface area (Å²) < 4.78 is 7.39. The SMILES string of the molecule is COc1ccc2cccc(NCc3ccn(C4CNC4)n3)c2c1. The first-order valence-corrected chi connectivity index (χ1v) is 7.89. The molecule has 0 unspecified atom stereocenters. The second kappa shape index (κ2) is 5.93. The molecule has 118 valence electrons. The minimum absolute atomic E-state index is 0.505.